The van der Waals surface area contributed by atoms with E-state index in [4.69, 9.17) is 9.47 Å². The molecule has 2 aromatic carbocycles. The van der Waals surface area contributed by atoms with Crippen LogP contribution in [0.15, 0.2) is 60.7 Å². The van der Waals surface area contributed by atoms with Crippen molar-refractivity contribution in [2.75, 3.05) is 0 Å². The summed E-state index contributed by atoms with van der Waals surface area (Å²) < 4.78 is 10.9. The molecule has 0 saturated heterocycles. The zero-order valence-corrected chi connectivity index (χ0v) is 11.7. The van der Waals surface area contributed by atoms with E-state index in [0.717, 1.165) is 5.56 Å². The predicted octanol–water partition coefficient (Wildman–Crippen LogP) is 3.76. The molecule has 3 heteroatoms. The van der Waals surface area contributed by atoms with Crippen LogP contribution < -0.4 is 4.74 Å². The Labute approximate surface area is 119 Å². The summed E-state index contributed by atoms with van der Waals surface area (Å²) in [6.45, 7) is 3.62. The molecule has 0 aromatic heterocycles. The van der Waals surface area contributed by atoms with Gasteiger partial charge >= 0.3 is 5.97 Å². The maximum atomic E-state index is 11.9. The van der Waals surface area contributed by atoms with Crippen molar-refractivity contribution in [2.24, 2.45) is 0 Å². The number of hydrogen-bond acceptors (Lipinski definition) is 3. The van der Waals surface area contributed by atoms with Crippen LogP contribution in [-0.4, -0.2) is 12.1 Å². The van der Waals surface area contributed by atoms with Gasteiger partial charge in [-0.05, 0) is 31.5 Å². The second-order valence-electron chi connectivity index (χ2n) is 4.57. The topological polar surface area (TPSA) is 35.5 Å². The quantitative estimate of drug-likeness (QED) is 0.613. The van der Waals surface area contributed by atoms with Crippen molar-refractivity contribution in [3.05, 3.63) is 66.2 Å². The number of ether oxygens (including phenoxy) is 2. The summed E-state index contributed by atoms with van der Waals surface area (Å²) in [5.41, 5.74) is 1.03. The number of esters is 1. The maximum absolute atomic E-state index is 11.9. The van der Waals surface area contributed by atoms with Crippen LogP contribution in [0.2, 0.25) is 0 Å². The van der Waals surface area contributed by atoms with Crippen LogP contribution in [0.3, 0.4) is 0 Å². The molecular weight excluding hydrogens is 252 g/mol. The summed E-state index contributed by atoms with van der Waals surface area (Å²) >= 11 is 0. The minimum atomic E-state index is -0.620. The molecule has 0 amide bonds. The molecule has 20 heavy (non-hydrogen) atoms. The van der Waals surface area contributed by atoms with E-state index in [0.29, 0.717) is 5.75 Å². The number of benzene rings is 2. The molecule has 0 N–H and O–H groups in total. The van der Waals surface area contributed by atoms with Crippen LogP contribution >= 0.6 is 0 Å². The SMILES string of the molecule is CC(OC(C)c1ccccc1)C(=O)Oc1ccccc1. The second kappa shape index (κ2) is 6.87. The molecule has 2 rings (SSSR count). The van der Waals surface area contributed by atoms with E-state index in [1.54, 1.807) is 19.1 Å². The van der Waals surface area contributed by atoms with Gasteiger partial charge in [-0.2, -0.15) is 0 Å². The Morgan fingerprint density at radius 1 is 0.900 bits per heavy atom. The third-order valence-electron chi connectivity index (χ3n) is 2.97. The minimum absolute atomic E-state index is 0.158. The lowest BCUT2D eigenvalue weighted by Gasteiger charge is -2.18. The van der Waals surface area contributed by atoms with E-state index in [-0.39, 0.29) is 12.1 Å². The van der Waals surface area contributed by atoms with Crippen molar-refractivity contribution in [1.29, 1.82) is 0 Å². The average Bonchev–Trinajstić information content (AvgIpc) is 2.49. The molecular formula is C17H18O3. The summed E-state index contributed by atoms with van der Waals surface area (Å²) in [4.78, 5) is 11.9. The molecule has 3 nitrogen and oxygen atoms in total. The van der Waals surface area contributed by atoms with Crippen LogP contribution in [0.4, 0.5) is 0 Å². The third kappa shape index (κ3) is 3.93. The van der Waals surface area contributed by atoms with Crippen molar-refractivity contribution < 1.29 is 14.3 Å². The van der Waals surface area contributed by atoms with Gasteiger partial charge in [0.1, 0.15) is 5.75 Å². The fourth-order valence-electron chi connectivity index (χ4n) is 1.85. The summed E-state index contributed by atoms with van der Waals surface area (Å²) in [6.07, 6.45) is -0.778. The molecule has 0 saturated carbocycles. The lowest BCUT2D eigenvalue weighted by molar-refractivity contribution is -0.149. The number of para-hydroxylation sites is 1. The number of carbonyl (C=O) groups excluding carboxylic acids is 1. The molecule has 0 bridgehead atoms. The van der Waals surface area contributed by atoms with Gasteiger partial charge in [-0.15, -0.1) is 0 Å². The van der Waals surface area contributed by atoms with E-state index >= 15 is 0 Å². The van der Waals surface area contributed by atoms with Gasteiger partial charge in [0.25, 0.3) is 0 Å². The Balaban J connectivity index is 1.91. The van der Waals surface area contributed by atoms with Gasteiger partial charge in [-0.3, -0.25) is 0 Å². The molecule has 0 aliphatic carbocycles. The first-order valence-corrected chi connectivity index (χ1v) is 6.64. The first-order chi connectivity index (χ1) is 9.66. The molecule has 0 aliphatic rings. The monoisotopic (exact) mass is 270 g/mol. The fourth-order valence-corrected chi connectivity index (χ4v) is 1.85. The van der Waals surface area contributed by atoms with Crippen LogP contribution in [0.25, 0.3) is 0 Å². The number of rotatable bonds is 5. The van der Waals surface area contributed by atoms with Gasteiger partial charge in [0.05, 0.1) is 6.10 Å². The third-order valence-corrected chi connectivity index (χ3v) is 2.97. The molecule has 2 aromatic rings. The summed E-state index contributed by atoms with van der Waals surface area (Å²) in [5, 5.41) is 0. The van der Waals surface area contributed by atoms with Crippen molar-refractivity contribution in [3.63, 3.8) is 0 Å². The maximum Gasteiger partial charge on any atom is 0.340 e. The van der Waals surface area contributed by atoms with Gasteiger partial charge in [-0.25, -0.2) is 4.79 Å². The molecule has 0 spiro atoms. The second-order valence-corrected chi connectivity index (χ2v) is 4.57. The van der Waals surface area contributed by atoms with Crippen molar-refractivity contribution >= 4 is 5.97 Å². The zero-order valence-electron chi connectivity index (χ0n) is 11.7. The molecule has 0 radical (unpaired) electrons. The highest BCUT2D eigenvalue weighted by atomic mass is 16.6. The molecule has 0 heterocycles. The highest BCUT2D eigenvalue weighted by Crippen LogP contribution is 2.19. The Kier molecular flexibility index (Phi) is 4.91. The summed E-state index contributed by atoms with van der Waals surface area (Å²) in [5.74, 6) is 0.138. The van der Waals surface area contributed by atoms with Crippen LogP contribution in [0, 0.1) is 0 Å². The Hall–Kier alpha value is -2.13. The Morgan fingerprint density at radius 2 is 1.45 bits per heavy atom. The van der Waals surface area contributed by atoms with Crippen LogP contribution in [0.1, 0.15) is 25.5 Å². The lowest BCUT2D eigenvalue weighted by atomic mass is 10.1. The van der Waals surface area contributed by atoms with Crippen molar-refractivity contribution in [1.82, 2.24) is 0 Å². The molecule has 2 atom stereocenters. The predicted molar refractivity (Wildman–Crippen MR) is 77.5 cm³/mol. The first-order valence-electron chi connectivity index (χ1n) is 6.64. The van der Waals surface area contributed by atoms with Gasteiger partial charge < -0.3 is 9.47 Å². The van der Waals surface area contributed by atoms with Gasteiger partial charge in [0, 0.05) is 0 Å². The molecule has 104 valence electrons. The van der Waals surface area contributed by atoms with E-state index < -0.39 is 6.10 Å². The number of hydrogen-bond donors (Lipinski definition) is 0. The summed E-state index contributed by atoms with van der Waals surface area (Å²) in [6, 6.07) is 18.8. The van der Waals surface area contributed by atoms with Crippen LogP contribution in [-0.2, 0) is 9.53 Å². The van der Waals surface area contributed by atoms with E-state index in [2.05, 4.69) is 0 Å². The summed E-state index contributed by atoms with van der Waals surface area (Å²) in [7, 11) is 0. The van der Waals surface area contributed by atoms with Gasteiger partial charge in [-0.1, -0.05) is 48.5 Å². The first kappa shape index (κ1) is 14.3. The molecule has 0 fully saturated rings. The van der Waals surface area contributed by atoms with Crippen LogP contribution in [0.5, 0.6) is 5.75 Å². The molecule has 0 aliphatic heterocycles. The standard InChI is InChI=1S/C17H18O3/c1-13(15-9-5-3-6-10-15)19-14(2)17(18)20-16-11-7-4-8-12-16/h3-14H,1-2H3. The lowest BCUT2D eigenvalue weighted by Crippen LogP contribution is -2.26. The average molecular weight is 270 g/mol. The Morgan fingerprint density at radius 3 is 2.05 bits per heavy atom. The van der Waals surface area contributed by atoms with E-state index in [1.807, 2.05) is 55.5 Å². The van der Waals surface area contributed by atoms with Gasteiger partial charge in [0.2, 0.25) is 0 Å². The number of carbonyl (C=O) groups is 1. The molecule has 2 unspecified atom stereocenters. The van der Waals surface area contributed by atoms with Crippen molar-refractivity contribution in [2.45, 2.75) is 26.1 Å². The van der Waals surface area contributed by atoms with E-state index in [1.165, 1.54) is 0 Å². The van der Waals surface area contributed by atoms with Crippen molar-refractivity contribution in [3.8, 4) is 5.75 Å². The fraction of sp³-hybridized carbons (Fsp3) is 0.235. The van der Waals surface area contributed by atoms with Gasteiger partial charge in [0.15, 0.2) is 6.10 Å². The smallest absolute Gasteiger partial charge is 0.340 e. The minimum Gasteiger partial charge on any atom is -0.425 e. The highest BCUT2D eigenvalue weighted by molar-refractivity contribution is 5.76. The largest absolute Gasteiger partial charge is 0.425 e. The van der Waals surface area contributed by atoms with E-state index in [9.17, 15) is 4.79 Å². The normalized spacial score (nSPS) is 13.5. The highest BCUT2D eigenvalue weighted by Gasteiger charge is 2.19. The zero-order chi connectivity index (χ0) is 14.4. The Bertz CT molecular complexity index is 537.